The van der Waals surface area contributed by atoms with Gasteiger partial charge in [0.25, 0.3) is 5.56 Å². The van der Waals surface area contributed by atoms with Crippen molar-refractivity contribution in [1.82, 2.24) is 14.9 Å². The number of nitrogens with one attached hydrogen (secondary N) is 1. The molecular weight excluding hydrogens is 346 g/mol. The molecule has 2 N–H and O–H groups in total. The molecule has 0 saturated carbocycles. The van der Waals surface area contributed by atoms with Crippen LogP contribution in [0, 0.1) is 0 Å². The molecule has 0 spiro atoms. The first-order chi connectivity index (χ1) is 12.5. The average Bonchev–Trinajstić information content (AvgIpc) is 3.12. The lowest BCUT2D eigenvalue weighted by Crippen LogP contribution is -2.17. The van der Waals surface area contributed by atoms with Crippen LogP contribution in [0.15, 0.2) is 46.7 Å². The van der Waals surface area contributed by atoms with E-state index >= 15 is 0 Å². The van der Waals surface area contributed by atoms with E-state index in [-0.39, 0.29) is 17.4 Å². The van der Waals surface area contributed by atoms with Crippen LogP contribution in [-0.4, -0.2) is 34.1 Å². The molecule has 0 radical (unpaired) electrons. The minimum absolute atomic E-state index is 0.104. The van der Waals surface area contributed by atoms with Gasteiger partial charge in [-0.2, -0.15) is 0 Å². The van der Waals surface area contributed by atoms with E-state index in [1.165, 1.54) is 11.3 Å². The van der Waals surface area contributed by atoms with Crippen molar-refractivity contribution < 1.29 is 5.11 Å². The summed E-state index contributed by atoms with van der Waals surface area (Å²) in [6.07, 6.45) is 1.78. The number of phenolic OH excluding ortho intramolecular Hbond substituents is 1. The van der Waals surface area contributed by atoms with Crippen LogP contribution in [0.5, 0.6) is 5.75 Å². The number of nitrogens with zero attached hydrogens (tertiary/aromatic N) is 2. The molecule has 26 heavy (non-hydrogen) atoms. The Kier molecular flexibility index (Phi) is 4.01. The number of aromatic amines is 1. The number of aromatic hydroxyl groups is 1. The molecule has 0 bridgehead atoms. The molecule has 4 aromatic rings. The molecule has 3 aromatic heterocycles. The third kappa shape index (κ3) is 2.58. The van der Waals surface area contributed by atoms with Crippen molar-refractivity contribution >= 4 is 32.3 Å². The Hall–Kier alpha value is -2.70. The lowest BCUT2D eigenvalue weighted by Gasteiger charge is -2.19. The monoisotopic (exact) mass is 365 g/mol. The second kappa shape index (κ2) is 6.23. The zero-order valence-corrected chi connectivity index (χ0v) is 15.6. The Morgan fingerprint density at radius 3 is 2.69 bits per heavy atom. The fourth-order valence-electron chi connectivity index (χ4n) is 3.19. The molecule has 132 valence electrons. The highest BCUT2D eigenvalue weighted by atomic mass is 32.1. The smallest absolute Gasteiger partial charge is 0.266 e. The van der Waals surface area contributed by atoms with Gasteiger partial charge in [0.1, 0.15) is 10.4 Å². The zero-order valence-electron chi connectivity index (χ0n) is 14.8. The van der Waals surface area contributed by atoms with E-state index in [1.807, 2.05) is 37.7 Å². The van der Waals surface area contributed by atoms with E-state index in [2.05, 4.69) is 21.8 Å². The normalized spacial score (nSPS) is 12.9. The molecule has 0 aliphatic rings. The number of hydrogen-bond donors (Lipinski definition) is 2. The van der Waals surface area contributed by atoms with Crippen LogP contribution in [0.4, 0.5) is 0 Å². The van der Waals surface area contributed by atoms with Gasteiger partial charge < -0.3 is 15.0 Å². The number of thiophene rings is 1. The van der Waals surface area contributed by atoms with Crippen molar-refractivity contribution in [2.45, 2.75) is 13.0 Å². The van der Waals surface area contributed by atoms with E-state index in [4.69, 9.17) is 0 Å². The van der Waals surface area contributed by atoms with Crippen LogP contribution in [0.25, 0.3) is 32.1 Å². The van der Waals surface area contributed by atoms with Gasteiger partial charge in [0.2, 0.25) is 0 Å². The molecule has 1 atom stereocenters. The molecule has 0 fully saturated rings. The predicted molar refractivity (Wildman–Crippen MR) is 107 cm³/mol. The van der Waals surface area contributed by atoms with E-state index in [9.17, 15) is 9.90 Å². The quantitative estimate of drug-likeness (QED) is 0.573. The summed E-state index contributed by atoms with van der Waals surface area (Å²) >= 11 is 1.40. The van der Waals surface area contributed by atoms with Crippen molar-refractivity contribution in [1.29, 1.82) is 0 Å². The van der Waals surface area contributed by atoms with Gasteiger partial charge in [0.05, 0.1) is 5.69 Å². The largest absolute Gasteiger partial charge is 0.507 e. The standard InChI is InChI=1S/C20H19N3O2S/c1-11(23(2)3)14-5-4-12(10-21-14)17-16(24)7-6-15-18(17)13-8-9-26-19(13)20(25)22-15/h4-11,24H,1-3H3,(H,22,25). The van der Waals surface area contributed by atoms with Gasteiger partial charge in [-0.25, -0.2) is 0 Å². The zero-order chi connectivity index (χ0) is 18.4. The Balaban J connectivity index is 1.98. The van der Waals surface area contributed by atoms with Crippen LogP contribution in [-0.2, 0) is 0 Å². The van der Waals surface area contributed by atoms with Crippen LogP contribution < -0.4 is 5.56 Å². The van der Waals surface area contributed by atoms with Crippen LogP contribution in [0.1, 0.15) is 18.7 Å². The van der Waals surface area contributed by atoms with E-state index in [0.717, 1.165) is 22.0 Å². The summed E-state index contributed by atoms with van der Waals surface area (Å²) in [7, 11) is 4.03. The summed E-state index contributed by atoms with van der Waals surface area (Å²) in [5, 5.41) is 14.2. The molecule has 4 rings (SSSR count). The number of hydrogen-bond acceptors (Lipinski definition) is 5. The molecule has 5 nitrogen and oxygen atoms in total. The predicted octanol–water partition coefficient (Wildman–Crippen LogP) is 4.13. The molecule has 0 saturated heterocycles. The van der Waals surface area contributed by atoms with Crippen molar-refractivity contribution in [3.63, 3.8) is 0 Å². The lowest BCUT2D eigenvalue weighted by molar-refractivity contribution is 0.315. The number of rotatable bonds is 3. The number of benzene rings is 1. The Bertz CT molecular complexity index is 1160. The van der Waals surface area contributed by atoms with Gasteiger partial charge in [0.15, 0.2) is 0 Å². The Morgan fingerprint density at radius 1 is 1.19 bits per heavy atom. The SMILES string of the molecule is CC(c1ccc(-c2c(O)ccc3[nH]c(=O)c4sccc4c23)cn1)N(C)C. The summed E-state index contributed by atoms with van der Waals surface area (Å²) < 4.78 is 0.662. The maximum atomic E-state index is 12.2. The van der Waals surface area contributed by atoms with Crippen molar-refractivity contribution in [2.24, 2.45) is 0 Å². The number of pyridine rings is 2. The van der Waals surface area contributed by atoms with Crippen LogP contribution in [0.3, 0.4) is 0 Å². The first-order valence-electron chi connectivity index (χ1n) is 8.35. The number of fused-ring (bicyclic) bond motifs is 3. The molecule has 0 aliphatic carbocycles. The highest BCUT2D eigenvalue weighted by Crippen LogP contribution is 2.39. The molecular formula is C20H19N3O2S. The third-order valence-corrected chi connectivity index (χ3v) is 5.76. The lowest BCUT2D eigenvalue weighted by atomic mass is 9.98. The van der Waals surface area contributed by atoms with Crippen molar-refractivity contribution in [2.75, 3.05) is 14.1 Å². The minimum atomic E-state index is -0.104. The maximum absolute atomic E-state index is 12.2. The molecule has 3 heterocycles. The average molecular weight is 365 g/mol. The van der Waals surface area contributed by atoms with Crippen molar-refractivity contribution in [3.05, 3.63) is 58.0 Å². The van der Waals surface area contributed by atoms with Gasteiger partial charge in [-0.15, -0.1) is 11.3 Å². The Labute approximate surface area is 154 Å². The van der Waals surface area contributed by atoms with Gasteiger partial charge in [-0.1, -0.05) is 6.07 Å². The highest BCUT2D eigenvalue weighted by molar-refractivity contribution is 7.17. The second-order valence-electron chi connectivity index (χ2n) is 6.61. The number of H-pyrrole nitrogens is 1. The molecule has 0 amide bonds. The van der Waals surface area contributed by atoms with Gasteiger partial charge in [-0.3, -0.25) is 9.78 Å². The first kappa shape index (κ1) is 16.8. The summed E-state index contributed by atoms with van der Waals surface area (Å²) in [6.45, 7) is 2.09. The van der Waals surface area contributed by atoms with Crippen molar-refractivity contribution in [3.8, 4) is 16.9 Å². The number of aromatic nitrogens is 2. The highest BCUT2D eigenvalue weighted by Gasteiger charge is 2.16. The summed E-state index contributed by atoms with van der Waals surface area (Å²) in [5.74, 6) is 0.173. The van der Waals surface area contributed by atoms with Gasteiger partial charge in [0, 0.05) is 39.7 Å². The molecule has 0 aliphatic heterocycles. The first-order valence-corrected chi connectivity index (χ1v) is 9.23. The minimum Gasteiger partial charge on any atom is -0.507 e. The van der Waals surface area contributed by atoms with E-state index in [1.54, 1.807) is 18.3 Å². The Morgan fingerprint density at radius 2 is 2.00 bits per heavy atom. The fraction of sp³-hybridized carbons (Fsp3) is 0.200. The number of phenols is 1. The van der Waals surface area contributed by atoms with E-state index in [0.29, 0.717) is 15.8 Å². The summed E-state index contributed by atoms with van der Waals surface area (Å²) in [6, 6.07) is 9.43. The summed E-state index contributed by atoms with van der Waals surface area (Å²) in [4.78, 5) is 21.8. The fourth-order valence-corrected chi connectivity index (χ4v) is 3.99. The third-order valence-electron chi connectivity index (χ3n) is 4.85. The summed E-state index contributed by atoms with van der Waals surface area (Å²) in [5.41, 5.74) is 3.08. The molecule has 1 aromatic carbocycles. The molecule has 1 unspecified atom stereocenters. The second-order valence-corrected chi connectivity index (χ2v) is 7.53. The maximum Gasteiger partial charge on any atom is 0.266 e. The topological polar surface area (TPSA) is 69.2 Å². The van der Waals surface area contributed by atoms with Crippen LogP contribution >= 0.6 is 11.3 Å². The van der Waals surface area contributed by atoms with Gasteiger partial charge in [-0.05, 0) is 50.7 Å². The van der Waals surface area contributed by atoms with Gasteiger partial charge >= 0.3 is 0 Å². The molecule has 6 heteroatoms. The van der Waals surface area contributed by atoms with Crippen LogP contribution in [0.2, 0.25) is 0 Å². The van der Waals surface area contributed by atoms with E-state index < -0.39 is 0 Å².